The fourth-order valence-electron chi connectivity index (χ4n) is 2.26. The van der Waals surface area contributed by atoms with Crippen molar-refractivity contribution in [3.63, 3.8) is 0 Å². The molecule has 0 aliphatic rings. The zero-order valence-electron chi connectivity index (χ0n) is 11.0. The molecule has 1 N–H and O–H groups in total. The predicted octanol–water partition coefficient (Wildman–Crippen LogP) is 3.91. The Morgan fingerprint density at radius 2 is 1.40 bits per heavy atom. The third-order valence-corrected chi connectivity index (χ3v) is 3.28. The first-order valence-corrected chi connectivity index (χ1v) is 6.60. The molecule has 0 unspecified atom stereocenters. The lowest BCUT2D eigenvalue weighted by molar-refractivity contribution is 0.282. The van der Waals surface area contributed by atoms with Gasteiger partial charge in [0.05, 0.1) is 18.0 Å². The van der Waals surface area contributed by atoms with E-state index >= 15 is 0 Å². The average molecular weight is 261 g/mol. The summed E-state index contributed by atoms with van der Waals surface area (Å²) in [6, 6.07) is 23.9. The molecule has 3 aromatic rings. The van der Waals surface area contributed by atoms with Crippen molar-refractivity contribution in [3.05, 3.63) is 78.4 Å². The summed E-state index contributed by atoms with van der Waals surface area (Å²) in [4.78, 5) is 4.71. The highest BCUT2D eigenvalue weighted by atomic mass is 16.3. The van der Waals surface area contributed by atoms with Crippen LogP contribution in [0.3, 0.4) is 0 Å². The zero-order valence-corrected chi connectivity index (χ0v) is 11.0. The maximum Gasteiger partial charge on any atom is 0.0713 e. The molecule has 0 aliphatic carbocycles. The minimum Gasteiger partial charge on any atom is -0.392 e. The Morgan fingerprint density at radius 1 is 0.700 bits per heavy atom. The standard InChI is InChI=1S/C18H15NO/c20-13-15-9-4-5-10-16(15)18-12-6-11-17(19-18)14-7-2-1-3-8-14/h1-12,20H,13H2. The largest absolute Gasteiger partial charge is 0.392 e. The number of hydrogen-bond acceptors (Lipinski definition) is 2. The van der Waals surface area contributed by atoms with Crippen LogP contribution in [-0.2, 0) is 6.61 Å². The molecule has 20 heavy (non-hydrogen) atoms. The lowest BCUT2D eigenvalue weighted by atomic mass is 10.0. The van der Waals surface area contributed by atoms with Crippen molar-refractivity contribution in [3.8, 4) is 22.5 Å². The maximum absolute atomic E-state index is 9.44. The average Bonchev–Trinajstić information content (AvgIpc) is 2.56. The number of pyridine rings is 1. The Hall–Kier alpha value is -2.45. The molecule has 0 aliphatic heterocycles. The molecule has 0 bridgehead atoms. The molecule has 3 rings (SSSR count). The van der Waals surface area contributed by atoms with Gasteiger partial charge in [0, 0.05) is 11.1 Å². The number of hydrogen-bond donors (Lipinski definition) is 1. The fourth-order valence-corrected chi connectivity index (χ4v) is 2.26. The van der Waals surface area contributed by atoms with Crippen LogP contribution in [0, 0.1) is 0 Å². The second-order valence-corrected chi connectivity index (χ2v) is 4.59. The summed E-state index contributed by atoms with van der Waals surface area (Å²) in [5.74, 6) is 0. The van der Waals surface area contributed by atoms with Crippen LogP contribution in [0.15, 0.2) is 72.8 Å². The highest BCUT2D eigenvalue weighted by molar-refractivity contribution is 5.68. The van der Waals surface area contributed by atoms with Gasteiger partial charge in [0.2, 0.25) is 0 Å². The van der Waals surface area contributed by atoms with E-state index in [9.17, 15) is 5.11 Å². The van der Waals surface area contributed by atoms with Gasteiger partial charge in [-0.25, -0.2) is 4.98 Å². The van der Waals surface area contributed by atoms with E-state index < -0.39 is 0 Å². The van der Waals surface area contributed by atoms with Gasteiger partial charge in [-0.05, 0) is 17.7 Å². The summed E-state index contributed by atoms with van der Waals surface area (Å²) >= 11 is 0. The number of aliphatic hydroxyl groups excluding tert-OH is 1. The minimum absolute atomic E-state index is 0.0212. The molecular formula is C18H15NO. The zero-order chi connectivity index (χ0) is 13.8. The SMILES string of the molecule is OCc1ccccc1-c1cccc(-c2ccccc2)n1. The Kier molecular flexibility index (Phi) is 3.57. The molecule has 0 saturated heterocycles. The molecule has 2 aromatic carbocycles. The van der Waals surface area contributed by atoms with Gasteiger partial charge in [-0.1, -0.05) is 60.7 Å². The van der Waals surface area contributed by atoms with E-state index in [4.69, 9.17) is 4.98 Å². The van der Waals surface area contributed by atoms with E-state index in [2.05, 4.69) is 0 Å². The van der Waals surface area contributed by atoms with Crippen LogP contribution in [0.1, 0.15) is 5.56 Å². The molecule has 98 valence electrons. The van der Waals surface area contributed by atoms with Crippen LogP contribution < -0.4 is 0 Å². The molecule has 0 atom stereocenters. The summed E-state index contributed by atoms with van der Waals surface area (Å²) < 4.78 is 0. The van der Waals surface area contributed by atoms with Gasteiger partial charge in [-0.2, -0.15) is 0 Å². The van der Waals surface area contributed by atoms with E-state index in [0.29, 0.717) is 0 Å². The lowest BCUT2D eigenvalue weighted by Gasteiger charge is -2.08. The summed E-state index contributed by atoms with van der Waals surface area (Å²) in [5, 5.41) is 9.44. The number of benzene rings is 2. The van der Waals surface area contributed by atoms with E-state index in [1.165, 1.54) is 0 Å². The molecule has 0 fully saturated rings. The van der Waals surface area contributed by atoms with Gasteiger partial charge in [-0.3, -0.25) is 0 Å². The highest BCUT2D eigenvalue weighted by Crippen LogP contribution is 2.25. The number of aliphatic hydroxyl groups is 1. The van der Waals surface area contributed by atoms with E-state index in [0.717, 1.165) is 28.1 Å². The third-order valence-electron chi connectivity index (χ3n) is 3.28. The van der Waals surface area contributed by atoms with Crippen molar-refractivity contribution in [1.82, 2.24) is 4.98 Å². The Labute approximate surface area is 118 Å². The normalized spacial score (nSPS) is 10.4. The van der Waals surface area contributed by atoms with E-state index in [1.807, 2.05) is 72.8 Å². The molecule has 1 aromatic heterocycles. The van der Waals surface area contributed by atoms with Crippen LogP contribution in [-0.4, -0.2) is 10.1 Å². The quantitative estimate of drug-likeness (QED) is 0.775. The van der Waals surface area contributed by atoms with Gasteiger partial charge in [-0.15, -0.1) is 0 Å². The Bertz CT molecular complexity index is 707. The molecular weight excluding hydrogens is 246 g/mol. The second kappa shape index (κ2) is 5.68. The fraction of sp³-hybridized carbons (Fsp3) is 0.0556. The van der Waals surface area contributed by atoms with Crippen molar-refractivity contribution >= 4 is 0 Å². The first-order chi connectivity index (χ1) is 9.88. The van der Waals surface area contributed by atoms with Gasteiger partial charge in [0.1, 0.15) is 0 Å². The number of rotatable bonds is 3. The summed E-state index contributed by atoms with van der Waals surface area (Å²) in [6.45, 7) is 0.0212. The first kappa shape index (κ1) is 12.6. The Balaban J connectivity index is 2.08. The first-order valence-electron chi connectivity index (χ1n) is 6.60. The van der Waals surface area contributed by atoms with E-state index in [1.54, 1.807) is 0 Å². The molecule has 0 spiro atoms. The topological polar surface area (TPSA) is 33.1 Å². The van der Waals surface area contributed by atoms with Crippen LogP contribution in [0.5, 0.6) is 0 Å². The van der Waals surface area contributed by atoms with Crippen LogP contribution in [0.2, 0.25) is 0 Å². The third kappa shape index (κ3) is 2.46. The molecule has 2 heteroatoms. The van der Waals surface area contributed by atoms with Gasteiger partial charge >= 0.3 is 0 Å². The second-order valence-electron chi connectivity index (χ2n) is 4.59. The van der Waals surface area contributed by atoms with Crippen molar-refractivity contribution < 1.29 is 5.11 Å². The summed E-state index contributed by atoms with van der Waals surface area (Å²) in [5.41, 5.74) is 4.79. The smallest absolute Gasteiger partial charge is 0.0713 e. The van der Waals surface area contributed by atoms with Gasteiger partial charge in [0.25, 0.3) is 0 Å². The molecule has 0 radical (unpaired) electrons. The minimum atomic E-state index is 0.0212. The van der Waals surface area contributed by atoms with Crippen molar-refractivity contribution in [2.75, 3.05) is 0 Å². The molecule has 1 heterocycles. The molecule has 2 nitrogen and oxygen atoms in total. The molecule has 0 amide bonds. The van der Waals surface area contributed by atoms with E-state index in [-0.39, 0.29) is 6.61 Å². The highest BCUT2D eigenvalue weighted by Gasteiger charge is 2.06. The van der Waals surface area contributed by atoms with Gasteiger partial charge < -0.3 is 5.11 Å². The van der Waals surface area contributed by atoms with Crippen LogP contribution >= 0.6 is 0 Å². The van der Waals surface area contributed by atoms with Crippen LogP contribution in [0.4, 0.5) is 0 Å². The lowest BCUT2D eigenvalue weighted by Crippen LogP contribution is -1.92. The van der Waals surface area contributed by atoms with Crippen molar-refractivity contribution in [1.29, 1.82) is 0 Å². The Morgan fingerprint density at radius 3 is 2.20 bits per heavy atom. The van der Waals surface area contributed by atoms with Gasteiger partial charge in [0.15, 0.2) is 0 Å². The van der Waals surface area contributed by atoms with Crippen molar-refractivity contribution in [2.24, 2.45) is 0 Å². The predicted molar refractivity (Wildman–Crippen MR) is 81.0 cm³/mol. The monoisotopic (exact) mass is 261 g/mol. The van der Waals surface area contributed by atoms with Crippen molar-refractivity contribution in [2.45, 2.75) is 6.61 Å². The summed E-state index contributed by atoms with van der Waals surface area (Å²) in [7, 11) is 0. The maximum atomic E-state index is 9.44. The molecule has 0 saturated carbocycles. The number of nitrogens with zero attached hydrogens (tertiary/aromatic N) is 1. The summed E-state index contributed by atoms with van der Waals surface area (Å²) in [6.07, 6.45) is 0. The number of aromatic nitrogens is 1. The van der Waals surface area contributed by atoms with Crippen LogP contribution in [0.25, 0.3) is 22.5 Å².